The minimum atomic E-state index is -0.248. The molecule has 1 atom stereocenters. The molecule has 0 amide bonds. The van der Waals surface area contributed by atoms with Crippen molar-refractivity contribution in [2.45, 2.75) is 38.6 Å². The molecule has 2 nitrogen and oxygen atoms in total. The average molecular weight is 283 g/mol. The zero-order valence-corrected chi connectivity index (χ0v) is 13.2. The summed E-state index contributed by atoms with van der Waals surface area (Å²) in [5, 5.41) is 0. The molecule has 0 aliphatic rings. The van der Waals surface area contributed by atoms with Crippen LogP contribution in [-0.4, -0.2) is 12.6 Å². The van der Waals surface area contributed by atoms with Crippen LogP contribution in [0, 0.1) is 0 Å². The highest BCUT2D eigenvalue weighted by molar-refractivity contribution is 5.29. The maximum atomic E-state index is 6.49. The van der Waals surface area contributed by atoms with Gasteiger partial charge in [0.1, 0.15) is 5.75 Å². The van der Waals surface area contributed by atoms with Gasteiger partial charge in [-0.1, -0.05) is 43.3 Å². The van der Waals surface area contributed by atoms with Crippen LogP contribution in [0.4, 0.5) is 0 Å². The fourth-order valence-corrected chi connectivity index (χ4v) is 2.63. The second-order valence-corrected chi connectivity index (χ2v) is 6.03. The zero-order valence-electron chi connectivity index (χ0n) is 13.2. The molecule has 0 aliphatic heterocycles. The number of ether oxygens (including phenoxy) is 1. The molecule has 0 fully saturated rings. The Morgan fingerprint density at radius 1 is 0.857 bits per heavy atom. The van der Waals surface area contributed by atoms with Crippen LogP contribution in [0.5, 0.6) is 5.75 Å². The molecule has 2 N–H and O–H groups in total. The Balaban J connectivity index is 2.02. The third-order valence-electron chi connectivity index (χ3n) is 3.81. The van der Waals surface area contributed by atoms with Crippen molar-refractivity contribution < 1.29 is 4.74 Å². The summed E-state index contributed by atoms with van der Waals surface area (Å²) in [6, 6.07) is 16.9. The third kappa shape index (κ3) is 4.61. The summed E-state index contributed by atoms with van der Waals surface area (Å²) < 4.78 is 5.19. The molecule has 2 aromatic rings. The summed E-state index contributed by atoms with van der Waals surface area (Å²) in [5.41, 5.74) is 10.1. The van der Waals surface area contributed by atoms with E-state index in [0.29, 0.717) is 0 Å². The Kier molecular flexibility index (Phi) is 5.03. The molecular weight excluding hydrogens is 258 g/mol. The van der Waals surface area contributed by atoms with Gasteiger partial charge in [0.25, 0.3) is 0 Å². The van der Waals surface area contributed by atoms with Crippen LogP contribution in [0.1, 0.15) is 30.5 Å². The minimum absolute atomic E-state index is 0.248. The molecule has 0 saturated carbocycles. The second-order valence-electron chi connectivity index (χ2n) is 6.03. The monoisotopic (exact) mass is 283 g/mol. The molecule has 0 spiro atoms. The summed E-state index contributed by atoms with van der Waals surface area (Å²) in [4.78, 5) is 0. The van der Waals surface area contributed by atoms with Crippen molar-refractivity contribution in [3.05, 3.63) is 65.2 Å². The largest absolute Gasteiger partial charge is 0.497 e. The average Bonchev–Trinajstić information content (AvgIpc) is 2.48. The van der Waals surface area contributed by atoms with Gasteiger partial charge in [-0.15, -0.1) is 0 Å². The molecule has 112 valence electrons. The van der Waals surface area contributed by atoms with E-state index in [0.717, 1.165) is 25.0 Å². The predicted octanol–water partition coefficient (Wildman–Crippen LogP) is 3.76. The van der Waals surface area contributed by atoms with Crippen LogP contribution in [-0.2, 0) is 19.3 Å². The summed E-state index contributed by atoms with van der Waals surface area (Å²) in [6.07, 6.45) is 2.81. The summed E-state index contributed by atoms with van der Waals surface area (Å²) in [6.45, 7) is 4.29. The van der Waals surface area contributed by atoms with E-state index < -0.39 is 0 Å². The van der Waals surface area contributed by atoms with E-state index in [1.807, 2.05) is 12.1 Å². The standard InChI is InChI=1S/C19H25NO/c1-4-15-5-7-16(8-6-15)13-19(2,20)14-17-9-11-18(21-3)12-10-17/h5-12H,4,13-14,20H2,1-3H3. The van der Waals surface area contributed by atoms with Crippen molar-refractivity contribution in [3.63, 3.8) is 0 Å². The SMILES string of the molecule is CCc1ccc(CC(C)(N)Cc2ccc(OC)cc2)cc1. The maximum absolute atomic E-state index is 6.49. The molecule has 0 radical (unpaired) electrons. The predicted molar refractivity (Wildman–Crippen MR) is 88.8 cm³/mol. The molecule has 0 bridgehead atoms. The first-order valence-electron chi connectivity index (χ1n) is 7.52. The van der Waals surface area contributed by atoms with E-state index in [4.69, 9.17) is 10.5 Å². The molecule has 1 unspecified atom stereocenters. The number of methoxy groups -OCH3 is 1. The van der Waals surface area contributed by atoms with Crippen LogP contribution in [0.3, 0.4) is 0 Å². The molecule has 21 heavy (non-hydrogen) atoms. The minimum Gasteiger partial charge on any atom is -0.497 e. The smallest absolute Gasteiger partial charge is 0.118 e. The van der Waals surface area contributed by atoms with E-state index in [1.165, 1.54) is 16.7 Å². The highest BCUT2D eigenvalue weighted by Gasteiger charge is 2.19. The van der Waals surface area contributed by atoms with Gasteiger partial charge in [0.05, 0.1) is 7.11 Å². The first-order chi connectivity index (χ1) is 10.0. The Labute approximate surface area is 127 Å². The Bertz CT molecular complexity index is 504. The van der Waals surface area contributed by atoms with Crippen LogP contribution in [0.2, 0.25) is 0 Å². The third-order valence-corrected chi connectivity index (χ3v) is 3.81. The lowest BCUT2D eigenvalue weighted by molar-refractivity contribution is 0.414. The van der Waals surface area contributed by atoms with Crippen molar-refractivity contribution in [3.8, 4) is 5.75 Å². The summed E-state index contributed by atoms with van der Waals surface area (Å²) >= 11 is 0. The molecule has 0 saturated heterocycles. The van der Waals surface area contributed by atoms with Crippen molar-refractivity contribution in [2.24, 2.45) is 5.73 Å². The topological polar surface area (TPSA) is 35.2 Å². The van der Waals surface area contributed by atoms with Gasteiger partial charge in [-0.2, -0.15) is 0 Å². The van der Waals surface area contributed by atoms with Gasteiger partial charge < -0.3 is 10.5 Å². The quantitative estimate of drug-likeness (QED) is 0.876. The lowest BCUT2D eigenvalue weighted by Gasteiger charge is -2.25. The first-order valence-corrected chi connectivity index (χ1v) is 7.52. The van der Waals surface area contributed by atoms with Gasteiger partial charge in [-0.25, -0.2) is 0 Å². The highest BCUT2D eigenvalue weighted by atomic mass is 16.5. The number of nitrogens with two attached hydrogens (primary N) is 1. The lowest BCUT2D eigenvalue weighted by Crippen LogP contribution is -2.40. The van der Waals surface area contributed by atoms with Crippen molar-refractivity contribution >= 4 is 0 Å². The molecule has 0 aliphatic carbocycles. The van der Waals surface area contributed by atoms with E-state index in [1.54, 1.807) is 7.11 Å². The number of hydrogen-bond acceptors (Lipinski definition) is 2. The van der Waals surface area contributed by atoms with Gasteiger partial charge in [0.2, 0.25) is 0 Å². The number of aryl methyl sites for hydroxylation is 1. The van der Waals surface area contributed by atoms with Gasteiger partial charge in [-0.05, 0) is 55.0 Å². The number of hydrogen-bond donors (Lipinski definition) is 1. The van der Waals surface area contributed by atoms with E-state index >= 15 is 0 Å². The number of rotatable bonds is 6. The van der Waals surface area contributed by atoms with E-state index in [2.05, 4.69) is 50.2 Å². The Hall–Kier alpha value is -1.80. The van der Waals surface area contributed by atoms with Crippen LogP contribution < -0.4 is 10.5 Å². The zero-order chi connectivity index (χ0) is 15.3. The molecule has 2 heteroatoms. The molecule has 2 aromatic carbocycles. The summed E-state index contributed by atoms with van der Waals surface area (Å²) in [5.74, 6) is 0.882. The van der Waals surface area contributed by atoms with Crippen LogP contribution in [0.25, 0.3) is 0 Å². The second kappa shape index (κ2) is 6.77. The number of benzene rings is 2. The first kappa shape index (κ1) is 15.6. The highest BCUT2D eigenvalue weighted by Crippen LogP contribution is 2.19. The molecular formula is C19H25NO. The van der Waals surface area contributed by atoms with Gasteiger partial charge in [0.15, 0.2) is 0 Å². The molecule has 0 aromatic heterocycles. The van der Waals surface area contributed by atoms with Gasteiger partial charge in [0, 0.05) is 5.54 Å². The van der Waals surface area contributed by atoms with Crippen LogP contribution in [0.15, 0.2) is 48.5 Å². The van der Waals surface area contributed by atoms with E-state index in [9.17, 15) is 0 Å². The molecule has 0 heterocycles. The van der Waals surface area contributed by atoms with Crippen molar-refractivity contribution in [1.82, 2.24) is 0 Å². The normalized spacial score (nSPS) is 13.7. The van der Waals surface area contributed by atoms with E-state index in [-0.39, 0.29) is 5.54 Å². The fraction of sp³-hybridized carbons (Fsp3) is 0.368. The maximum Gasteiger partial charge on any atom is 0.118 e. The lowest BCUT2D eigenvalue weighted by atomic mass is 9.87. The molecule has 2 rings (SSSR count). The fourth-order valence-electron chi connectivity index (χ4n) is 2.63. The Morgan fingerprint density at radius 3 is 1.71 bits per heavy atom. The summed E-state index contributed by atoms with van der Waals surface area (Å²) in [7, 11) is 1.68. The Morgan fingerprint density at radius 2 is 1.29 bits per heavy atom. The van der Waals surface area contributed by atoms with Crippen molar-refractivity contribution in [1.29, 1.82) is 0 Å². The van der Waals surface area contributed by atoms with Crippen LogP contribution >= 0.6 is 0 Å². The van der Waals surface area contributed by atoms with Crippen molar-refractivity contribution in [2.75, 3.05) is 7.11 Å². The van der Waals surface area contributed by atoms with Gasteiger partial charge in [-0.3, -0.25) is 0 Å². The van der Waals surface area contributed by atoms with Gasteiger partial charge >= 0.3 is 0 Å².